The summed E-state index contributed by atoms with van der Waals surface area (Å²) in [6, 6.07) is 0.486. The third-order valence-corrected chi connectivity index (χ3v) is 6.12. The smallest absolute Gasteiger partial charge is 0.230 e. The summed E-state index contributed by atoms with van der Waals surface area (Å²) in [5, 5.41) is 6.89. The number of halogens is 1. The van der Waals surface area contributed by atoms with Crippen molar-refractivity contribution in [1.29, 1.82) is 0 Å². The number of nitrogens with zero attached hydrogens (tertiary/aromatic N) is 3. The summed E-state index contributed by atoms with van der Waals surface area (Å²) in [5.74, 6) is 1.84. The third kappa shape index (κ3) is 6.76. The molecule has 2 atom stereocenters. The van der Waals surface area contributed by atoms with Crippen LogP contribution >= 0.6 is 24.0 Å². The lowest BCUT2D eigenvalue weighted by Crippen LogP contribution is -2.51. The van der Waals surface area contributed by atoms with Crippen LogP contribution < -0.4 is 10.6 Å². The maximum Gasteiger partial charge on any atom is 0.230 e. The standard InChI is InChI=1S/C20H39N5O.HI/c1-16-9-8-12-25(14-16)17(2)13-22-19(21-3)23-15-20(10-6-7-11-20)18(26)24(4)5;/h16-17H,6-15H2,1-5H3,(H2,21,22,23);1H. The van der Waals surface area contributed by atoms with E-state index in [1.165, 1.54) is 25.9 Å². The fourth-order valence-electron chi connectivity index (χ4n) is 4.47. The SMILES string of the molecule is CN=C(NCC(C)N1CCCC(C)C1)NCC1(C(=O)N(C)C)CCCC1.I. The predicted octanol–water partition coefficient (Wildman–Crippen LogP) is 2.54. The molecule has 2 rings (SSSR count). The number of aliphatic imine (C=N–C) groups is 1. The van der Waals surface area contributed by atoms with Gasteiger partial charge in [0.1, 0.15) is 0 Å². The lowest BCUT2D eigenvalue weighted by Gasteiger charge is -2.36. The Morgan fingerprint density at radius 2 is 1.93 bits per heavy atom. The van der Waals surface area contributed by atoms with E-state index in [0.717, 1.165) is 44.1 Å². The second kappa shape index (κ2) is 11.4. The number of likely N-dealkylation sites (tertiary alicyclic amines) is 1. The summed E-state index contributed by atoms with van der Waals surface area (Å²) in [7, 11) is 5.52. The lowest BCUT2D eigenvalue weighted by atomic mass is 9.84. The van der Waals surface area contributed by atoms with Gasteiger partial charge >= 0.3 is 0 Å². The summed E-state index contributed by atoms with van der Waals surface area (Å²) in [4.78, 5) is 21.4. The summed E-state index contributed by atoms with van der Waals surface area (Å²) >= 11 is 0. The molecule has 27 heavy (non-hydrogen) atoms. The molecule has 158 valence electrons. The fourth-order valence-corrected chi connectivity index (χ4v) is 4.47. The maximum atomic E-state index is 12.7. The van der Waals surface area contributed by atoms with Gasteiger partial charge < -0.3 is 15.5 Å². The van der Waals surface area contributed by atoms with Crippen LogP contribution in [0.3, 0.4) is 0 Å². The molecule has 0 bridgehead atoms. The Labute approximate surface area is 182 Å². The molecule has 1 amide bonds. The third-order valence-electron chi connectivity index (χ3n) is 6.12. The minimum atomic E-state index is -0.269. The largest absolute Gasteiger partial charge is 0.355 e. The number of hydrogen-bond acceptors (Lipinski definition) is 3. The van der Waals surface area contributed by atoms with E-state index in [9.17, 15) is 4.79 Å². The topological polar surface area (TPSA) is 60.0 Å². The van der Waals surface area contributed by atoms with Crippen LogP contribution in [0.15, 0.2) is 4.99 Å². The van der Waals surface area contributed by atoms with Crippen LogP contribution in [0, 0.1) is 11.3 Å². The van der Waals surface area contributed by atoms with Gasteiger partial charge in [-0.25, -0.2) is 0 Å². The van der Waals surface area contributed by atoms with Crippen LogP contribution in [0.25, 0.3) is 0 Å². The van der Waals surface area contributed by atoms with Gasteiger partial charge in [0, 0.05) is 46.8 Å². The molecular weight excluding hydrogens is 453 g/mol. The van der Waals surface area contributed by atoms with E-state index in [-0.39, 0.29) is 35.3 Å². The number of carbonyl (C=O) groups is 1. The van der Waals surface area contributed by atoms with Gasteiger partial charge in [0.2, 0.25) is 5.91 Å². The second-order valence-corrected chi connectivity index (χ2v) is 8.59. The fraction of sp³-hybridized carbons (Fsp3) is 0.900. The van der Waals surface area contributed by atoms with Crippen molar-refractivity contribution < 1.29 is 4.79 Å². The van der Waals surface area contributed by atoms with E-state index in [1.807, 2.05) is 14.1 Å². The van der Waals surface area contributed by atoms with E-state index in [1.54, 1.807) is 11.9 Å². The Balaban J connectivity index is 0.00000364. The van der Waals surface area contributed by atoms with Crippen molar-refractivity contribution in [3.8, 4) is 0 Å². The Kier molecular flexibility index (Phi) is 10.4. The van der Waals surface area contributed by atoms with Crippen molar-refractivity contribution in [2.45, 2.75) is 58.4 Å². The van der Waals surface area contributed by atoms with E-state index in [0.29, 0.717) is 12.6 Å². The van der Waals surface area contributed by atoms with Gasteiger partial charge in [0.25, 0.3) is 0 Å². The Morgan fingerprint density at radius 3 is 2.48 bits per heavy atom. The zero-order valence-corrected chi connectivity index (χ0v) is 20.2. The van der Waals surface area contributed by atoms with E-state index >= 15 is 0 Å². The first kappa shape index (κ1) is 24.5. The van der Waals surface area contributed by atoms with Gasteiger partial charge in [0.15, 0.2) is 5.96 Å². The molecule has 2 unspecified atom stereocenters. The molecule has 0 spiro atoms. The Morgan fingerprint density at radius 1 is 1.26 bits per heavy atom. The molecule has 0 aromatic carbocycles. The van der Waals surface area contributed by atoms with Crippen LogP contribution in [0.2, 0.25) is 0 Å². The van der Waals surface area contributed by atoms with Crippen molar-refractivity contribution in [1.82, 2.24) is 20.4 Å². The van der Waals surface area contributed by atoms with Gasteiger partial charge in [-0.15, -0.1) is 24.0 Å². The Bertz CT molecular complexity index is 491. The molecule has 1 aliphatic heterocycles. The average molecular weight is 493 g/mol. The van der Waals surface area contributed by atoms with Crippen LogP contribution in [-0.2, 0) is 4.79 Å². The minimum absolute atomic E-state index is 0. The van der Waals surface area contributed by atoms with Gasteiger partial charge in [0.05, 0.1) is 5.41 Å². The highest BCUT2D eigenvalue weighted by Gasteiger charge is 2.42. The van der Waals surface area contributed by atoms with Crippen molar-refractivity contribution >= 4 is 35.8 Å². The number of nitrogens with one attached hydrogen (secondary N) is 2. The lowest BCUT2D eigenvalue weighted by molar-refractivity contribution is -0.138. The summed E-state index contributed by atoms with van der Waals surface area (Å²) in [5.41, 5.74) is -0.269. The molecule has 2 N–H and O–H groups in total. The molecule has 2 fully saturated rings. The van der Waals surface area contributed by atoms with Gasteiger partial charge in [-0.05, 0) is 45.1 Å². The van der Waals surface area contributed by atoms with E-state index < -0.39 is 0 Å². The molecule has 0 aromatic rings. The zero-order valence-electron chi connectivity index (χ0n) is 17.9. The highest BCUT2D eigenvalue weighted by Crippen LogP contribution is 2.38. The monoisotopic (exact) mass is 493 g/mol. The minimum Gasteiger partial charge on any atom is -0.355 e. The highest BCUT2D eigenvalue weighted by atomic mass is 127. The van der Waals surface area contributed by atoms with E-state index in [4.69, 9.17) is 0 Å². The molecule has 2 aliphatic rings. The van der Waals surface area contributed by atoms with Crippen LogP contribution in [0.1, 0.15) is 52.4 Å². The van der Waals surface area contributed by atoms with E-state index in [2.05, 4.69) is 34.4 Å². The number of guanidine groups is 1. The number of carbonyl (C=O) groups excluding carboxylic acids is 1. The molecular formula is C20H40IN5O. The average Bonchev–Trinajstić information content (AvgIpc) is 3.11. The quantitative estimate of drug-likeness (QED) is 0.339. The van der Waals surface area contributed by atoms with Crippen molar-refractivity contribution in [2.75, 3.05) is 47.3 Å². The second-order valence-electron chi connectivity index (χ2n) is 8.59. The molecule has 1 saturated heterocycles. The first-order valence-corrected chi connectivity index (χ1v) is 10.3. The molecule has 0 aromatic heterocycles. The van der Waals surface area contributed by atoms with Gasteiger partial charge in [-0.1, -0.05) is 19.8 Å². The molecule has 1 heterocycles. The first-order chi connectivity index (χ1) is 12.4. The molecule has 6 nitrogen and oxygen atoms in total. The maximum absolute atomic E-state index is 12.7. The molecule has 0 radical (unpaired) electrons. The summed E-state index contributed by atoms with van der Waals surface area (Å²) < 4.78 is 0. The molecule has 7 heteroatoms. The van der Waals surface area contributed by atoms with Gasteiger partial charge in [-0.2, -0.15) is 0 Å². The van der Waals surface area contributed by atoms with Crippen molar-refractivity contribution in [3.05, 3.63) is 0 Å². The van der Waals surface area contributed by atoms with Gasteiger partial charge in [-0.3, -0.25) is 14.7 Å². The van der Waals surface area contributed by atoms with Crippen LogP contribution in [0.4, 0.5) is 0 Å². The van der Waals surface area contributed by atoms with Crippen molar-refractivity contribution in [3.63, 3.8) is 0 Å². The van der Waals surface area contributed by atoms with Crippen LogP contribution in [-0.4, -0.2) is 75.0 Å². The van der Waals surface area contributed by atoms with Crippen molar-refractivity contribution in [2.24, 2.45) is 16.3 Å². The summed E-state index contributed by atoms with van der Waals surface area (Å²) in [6.07, 6.45) is 6.86. The normalized spacial score (nSPS) is 24.0. The Hall–Kier alpha value is -0.570. The number of hydrogen-bond donors (Lipinski definition) is 2. The predicted molar refractivity (Wildman–Crippen MR) is 124 cm³/mol. The number of amides is 1. The molecule has 1 aliphatic carbocycles. The highest BCUT2D eigenvalue weighted by molar-refractivity contribution is 14.0. The number of rotatable bonds is 6. The zero-order chi connectivity index (χ0) is 19.2. The molecule has 1 saturated carbocycles. The summed E-state index contributed by atoms with van der Waals surface area (Å²) in [6.45, 7) is 8.55. The number of piperidine rings is 1. The first-order valence-electron chi connectivity index (χ1n) is 10.3. The van der Waals surface area contributed by atoms with Crippen LogP contribution in [0.5, 0.6) is 0 Å².